The molecule has 5 rings (SSSR count). The van der Waals surface area contributed by atoms with Gasteiger partial charge in [-0.15, -0.1) is 0 Å². The van der Waals surface area contributed by atoms with Gasteiger partial charge in [0, 0.05) is 35.6 Å². The smallest absolute Gasteiger partial charge is 0.152 e. The Balaban J connectivity index is 1.44. The molecule has 5 nitrogen and oxygen atoms in total. The van der Waals surface area contributed by atoms with Crippen LogP contribution in [-0.2, 0) is 13.1 Å². The lowest BCUT2D eigenvalue weighted by molar-refractivity contribution is 0.267. The predicted molar refractivity (Wildman–Crippen MR) is 100 cm³/mol. The van der Waals surface area contributed by atoms with Crippen molar-refractivity contribution in [1.29, 1.82) is 0 Å². The first kappa shape index (κ1) is 14.9. The summed E-state index contributed by atoms with van der Waals surface area (Å²) in [4.78, 5) is 8.98. The second-order valence-corrected chi connectivity index (χ2v) is 7.25. The van der Waals surface area contributed by atoms with Crippen LogP contribution in [0.25, 0.3) is 10.9 Å². The number of nitrogens with zero attached hydrogens (tertiary/aromatic N) is 4. The molecule has 1 aliphatic heterocycles. The molecule has 2 aromatic heterocycles. The molecule has 126 valence electrons. The summed E-state index contributed by atoms with van der Waals surface area (Å²) in [7, 11) is 0. The Morgan fingerprint density at radius 3 is 3.04 bits per heavy atom. The van der Waals surface area contributed by atoms with E-state index in [1.165, 1.54) is 19.3 Å². The summed E-state index contributed by atoms with van der Waals surface area (Å²) >= 11 is 6.47. The van der Waals surface area contributed by atoms with E-state index in [0.717, 1.165) is 46.1 Å². The first-order valence-corrected chi connectivity index (χ1v) is 9.06. The number of aliphatic imine (C=N–C) groups is 1. The van der Waals surface area contributed by atoms with Gasteiger partial charge in [0.25, 0.3) is 0 Å². The molecule has 1 N–H and O–H groups in total. The highest BCUT2D eigenvalue weighted by atomic mass is 35.5. The summed E-state index contributed by atoms with van der Waals surface area (Å²) in [5.74, 6) is 1.56. The van der Waals surface area contributed by atoms with Gasteiger partial charge in [0.1, 0.15) is 11.2 Å². The van der Waals surface area contributed by atoms with Gasteiger partial charge in [-0.3, -0.25) is 14.7 Å². The molecule has 3 aromatic rings. The van der Waals surface area contributed by atoms with Gasteiger partial charge in [0.05, 0.1) is 11.6 Å². The van der Waals surface area contributed by atoms with E-state index < -0.39 is 0 Å². The van der Waals surface area contributed by atoms with Crippen molar-refractivity contribution in [2.75, 3.05) is 5.32 Å². The normalized spacial score (nSPS) is 16.6. The molecule has 0 radical (unpaired) electrons. The van der Waals surface area contributed by atoms with Crippen LogP contribution >= 0.6 is 11.6 Å². The molecule has 0 amide bonds. The average Bonchev–Trinajstić information content (AvgIpc) is 3.16. The van der Waals surface area contributed by atoms with Crippen molar-refractivity contribution in [3.63, 3.8) is 0 Å². The molecule has 1 fully saturated rings. The van der Waals surface area contributed by atoms with Gasteiger partial charge < -0.3 is 5.32 Å². The Bertz CT molecular complexity index is 987. The number of hydrogen-bond donors (Lipinski definition) is 1. The maximum absolute atomic E-state index is 6.47. The van der Waals surface area contributed by atoms with Crippen molar-refractivity contribution in [1.82, 2.24) is 14.8 Å². The van der Waals surface area contributed by atoms with Crippen molar-refractivity contribution in [3.8, 4) is 0 Å². The molecule has 6 heteroatoms. The van der Waals surface area contributed by atoms with Crippen LogP contribution in [0.3, 0.4) is 0 Å². The van der Waals surface area contributed by atoms with E-state index in [-0.39, 0.29) is 0 Å². The van der Waals surface area contributed by atoms with Crippen LogP contribution in [-0.4, -0.2) is 20.6 Å². The quantitative estimate of drug-likeness (QED) is 0.767. The van der Waals surface area contributed by atoms with E-state index in [9.17, 15) is 0 Å². The van der Waals surface area contributed by atoms with Crippen LogP contribution in [0.5, 0.6) is 0 Å². The number of pyridine rings is 1. The number of benzene rings is 1. The minimum atomic E-state index is 0.659. The lowest BCUT2D eigenvalue weighted by Gasteiger charge is -2.24. The van der Waals surface area contributed by atoms with E-state index in [1.807, 2.05) is 16.8 Å². The van der Waals surface area contributed by atoms with Crippen molar-refractivity contribution < 1.29 is 0 Å². The van der Waals surface area contributed by atoms with Gasteiger partial charge in [-0.2, -0.15) is 5.10 Å². The molecular formula is C19H18ClN5. The lowest BCUT2D eigenvalue weighted by atomic mass is 9.85. The Labute approximate surface area is 150 Å². The van der Waals surface area contributed by atoms with Crippen LogP contribution in [0, 0.1) is 5.92 Å². The highest BCUT2D eigenvalue weighted by Crippen LogP contribution is 2.31. The summed E-state index contributed by atoms with van der Waals surface area (Å²) in [6.07, 6.45) is 7.85. The third-order valence-electron chi connectivity index (χ3n) is 5.07. The number of aromatic nitrogens is 3. The van der Waals surface area contributed by atoms with Crippen LogP contribution in [0.1, 0.15) is 30.5 Å². The fourth-order valence-electron chi connectivity index (χ4n) is 3.50. The molecule has 2 aliphatic rings. The fourth-order valence-corrected chi connectivity index (χ4v) is 3.77. The molecule has 25 heavy (non-hydrogen) atoms. The second kappa shape index (κ2) is 5.85. The maximum atomic E-state index is 6.47. The average molecular weight is 352 g/mol. The van der Waals surface area contributed by atoms with Crippen LogP contribution in [0.2, 0.25) is 5.02 Å². The number of halogens is 1. The Hall–Kier alpha value is -2.40. The minimum Gasteiger partial charge on any atom is -0.339 e. The minimum absolute atomic E-state index is 0.659. The van der Waals surface area contributed by atoms with Gasteiger partial charge in [0.2, 0.25) is 0 Å². The highest BCUT2D eigenvalue weighted by molar-refractivity contribution is 6.35. The van der Waals surface area contributed by atoms with Crippen LogP contribution in [0.4, 0.5) is 5.69 Å². The lowest BCUT2D eigenvalue weighted by Crippen LogP contribution is -2.18. The number of anilines is 1. The number of fused-ring (bicyclic) bond motifs is 2. The maximum Gasteiger partial charge on any atom is 0.152 e. The molecule has 3 heterocycles. The topological polar surface area (TPSA) is 55.1 Å². The molecule has 1 saturated carbocycles. The third-order valence-corrected chi connectivity index (χ3v) is 5.35. The number of rotatable bonds is 3. The van der Waals surface area contributed by atoms with Crippen molar-refractivity contribution in [2.24, 2.45) is 10.9 Å². The Kier molecular flexibility index (Phi) is 3.48. The van der Waals surface area contributed by atoms with Gasteiger partial charge >= 0.3 is 0 Å². The van der Waals surface area contributed by atoms with Crippen molar-refractivity contribution in [3.05, 3.63) is 52.9 Å². The van der Waals surface area contributed by atoms with E-state index in [0.29, 0.717) is 11.6 Å². The zero-order valence-corrected chi connectivity index (χ0v) is 14.5. The van der Waals surface area contributed by atoms with E-state index in [4.69, 9.17) is 11.6 Å². The Morgan fingerprint density at radius 1 is 1.28 bits per heavy atom. The standard InChI is InChI=1S/C19H18ClN5/c20-16-8-15(23-19-18-13(9-22-19)5-2-6-21-18)7-14-11-25(24-17(14)16)10-12-3-1-4-12/h2,5-8,11-12H,1,3-4,9-10H2,(H,22,23). The van der Waals surface area contributed by atoms with Gasteiger partial charge in [0.15, 0.2) is 5.84 Å². The van der Waals surface area contributed by atoms with Crippen molar-refractivity contribution >= 4 is 34.0 Å². The summed E-state index contributed by atoms with van der Waals surface area (Å²) in [5, 5.41) is 9.74. The van der Waals surface area contributed by atoms with Gasteiger partial charge in [-0.25, -0.2) is 0 Å². The summed E-state index contributed by atoms with van der Waals surface area (Å²) in [6, 6.07) is 7.99. The van der Waals surface area contributed by atoms with Gasteiger partial charge in [-0.05, 0) is 37.0 Å². The number of amidine groups is 1. The zero-order valence-electron chi connectivity index (χ0n) is 13.7. The fraction of sp³-hybridized carbons (Fsp3) is 0.316. The number of hydrogen-bond acceptors (Lipinski definition) is 4. The predicted octanol–water partition coefficient (Wildman–Crippen LogP) is 4.26. The second-order valence-electron chi connectivity index (χ2n) is 6.84. The summed E-state index contributed by atoms with van der Waals surface area (Å²) in [5.41, 5.74) is 3.83. The van der Waals surface area contributed by atoms with E-state index >= 15 is 0 Å². The highest BCUT2D eigenvalue weighted by Gasteiger charge is 2.20. The monoisotopic (exact) mass is 351 g/mol. The molecule has 1 aromatic carbocycles. The molecule has 0 spiro atoms. The molecule has 0 atom stereocenters. The third kappa shape index (κ3) is 2.68. The Morgan fingerprint density at radius 2 is 2.20 bits per heavy atom. The first-order chi connectivity index (χ1) is 12.3. The van der Waals surface area contributed by atoms with E-state index in [1.54, 1.807) is 6.20 Å². The molecule has 0 saturated heterocycles. The van der Waals surface area contributed by atoms with Crippen LogP contribution < -0.4 is 5.32 Å². The first-order valence-electron chi connectivity index (χ1n) is 8.69. The summed E-state index contributed by atoms with van der Waals surface area (Å²) < 4.78 is 2.04. The SMILES string of the molecule is Clc1cc(NC2=NCc3cccnc32)cc2cn(CC3CCC3)nc12. The molecule has 0 bridgehead atoms. The molecule has 0 unspecified atom stereocenters. The summed E-state index contributed by atoms with van der Waals surface area (Å²) in [6.45, 7) is 1.65. The molecule has 1 aliphatic carbocycles. The number of nitrogens with one attached hydrogen (secondary N) is 1. The van der Waals surface area contributed by atoms with Gasteiger partial charge in [-0.1, -0.05) is 24.1 Å². The zero-order chi connectivity index (χ0) is 16.8. The largest absolute Gasteiger partial charge is 0.339 e. The molecular weight excluding hydrogens is 334 g/mol. The van der Waals surface area contributed by atoms with E-state index in [2.05, 4.69) is 38.7 Å². The van der Waals surface area contributed by atoms with Crippen LogP contribution in [0.15, 0.2) is 41.7 Å². The van der Waals surface area contributed by atoms with Crippen molar-refractivity contribution in [2.45, 2.75) is 32.4 Å².